The maximum Gasteiger partial charge on any atom is 0.253 e. The second-order valence-electron chi connectivity index (χ2n) is 8.39. The van der Waals surface area contributed by atoms with E-state index >= 15 is 0 Å². The third-order valence-corrected chi connectivity index (χ3v) is 6.35. The number of carbonyl (C=O) groups is 2. The summed E-state index contributed by atoms with van der Waals surface area (Å²) in [5.74, 6) is 0.0125. The first-order chi connectivity index (χ1) is 14.5. The number of hydrogen-bond acceptors (Lipinski definition) is 4. The molecule has 2 amide bonds. The highest BCUT2D eigenvalue weighted by Crippen LogP contribution is 2.31. The first-order valence-electron chi connectivity index (χ1n) is 10.8. The van der Waals surface area contributed by atoms with Gasteiger partial charge in [0, 0.05) is 37.7 Å². The molecule has 2 aliphatic heterocycles. The molecule has 2 aromatic rings. The molecule has 3 N–H and O–H groups in total. The van der Waals surface area contributed by atoms with E-state index in [2.05, 4.69) is 41.5 Å². The van der Waals surface area contributed by atoms with Crippen LogP contribution in [0.25, 0.3) is 0 Å². The first-order valence-corrected chi connectivity index (χ1v) is 10.8. The Bertz CT molecular complexity index is 920. The Kier molecular flexibility index (Phi) is 6.04. The monoisotopic (exact) mass is 406 g/mol. The number of carbonyl (C=O) groups excluding carboxylic acids is 2. The molecule has 6 nitrogen and oxygen atoms in total. The van der Waals surface area contributed by atoms with Gasteiger partial charge >= 0.3 is 0 Å². The third kappa shape index (κ3) is 4.49. The summed E-state index contributed by atoms with van der Waals surface area (Å²) in [6.45, 7) is 2.54. The fraction of sp³-hybridized carbons (Fsp3) is 0.417. The fourth-order valence-electron chi connectivity index (χ4n) is 4.47. The zero-order chi connectivity index (χ0) is 21.1. The maximum absolute atomic E-state index is 13.1. The lowest BCUT2D eigenvalue weighted by molar-refractivity contribution is -0.116. The number of rotatable bonds is 5. The lowest BCUT2D eigenvalue weighted by atomic mass is 9.97. The molecule has 1 saturated heterocycles. The van der Waals surface area contributed by atoms with Gasteiger partial charge in [0.25, 0.3) is 5.91 Å². The number of nitrogens with zero attached hydrogens (tertiary/aromatic N) is 2. The van der Waals surface area contributed by atoms with Crippen LogP contribution >= 0.6 is 0 Å². The average Bonchev–Trinajstić information content (AvgIpc) is 2.78. The number of amides is 2. The van der Waals surface area contributed by atoms with Gasteiger partial charge < -0.3 is 20.9 Å². The van der Waals surface area contributed by atoms with Crippen molar-refractivity contribution in [3.05, 3.63) is 59.2 Å². The highest BCUT2D eigenvalue weighted by atomic mass is 16.2. The molecule has 0 radical (unpaired) electrons. The number of nitrogens with two attached hydrogens (primary N) is 1. The van der Waals surface area contributed by atoms with Crippen molar-refractivity contribution in [3.63, 3.8) is 0 Å². The van der Waals surface area contributed by atoms with Gasteiger partial charge in [0.1, 0.15) is 0 Å². The van der Waals surface area contributed by atoms with Gasteiger partial charge in [0.2, 0.25) is 5.91 Å². The van der Waals surface area contributed by atoms with Crippen LogP contribution in [0.15, 0.2) is 42.5 Å². The lowest BCUT2D eigenvalue weighted by Crippen LogP contribution is -2.46. The number of anilines is 2. The summed E-state index contributed by atoms with van der Waals surface area (Å²) < 4.78 is 0. The normalized spacial score (nSPS) is 17.0. The van der Waals surface area contributed by atoms with Gasteiger partial charge in [-0.3, -0.25) is 9.59 Å². The second kappa shape index (κ2) is 8.88. The van der Waals surface area contributed by atoms with Crippen molar-refractivity contribution < 1.29 is 9.59 Å². The van der Waals surface area contributed by atoms with E-state index in [0.29, 0.717) is 35.8 Å². The number of nitrogen functional groups attached to an aromatic ring is 1. The number of likely N-dealkylation sites (N-methyl/N-ethyl adjacent to an activating group) is 1. The van der Waals surface area contributed by atoms with Crippen molar-refractivity contribution >= 4 is 23.2 Å². The Morgan fingerprint density at radius 1 is 1.17 bits per heavy atom. The van der Waals surface area contributed by atoms with Crippen LogP contribution in [0.4, 0.5) is 11.4 Å². The number of piperidine rings is 1. The van der Waals surface area contributed by atoms with Gasteiger partial charge in [-0.2, -0.15) is 0 Å². The molecular weight excluding hydrogens is 376 g/mol. The molecule has 2 aliphatic rings. The summed E-state index contributed by atoms with van der Waals surface area (Å²) >= 11 is 0. The van der Waals surface area contributed by atoms with Crippen molar-refractivity contribution in [2.45, 2.75) is 38.1 Å². The number of likely N-dealkylation sites (tertiary alicyclic amines) is 1. The Hall–Kier alpha value is -2.86. The number of benzene rings is 2. The van der Waals surface area contributed by atoms with Gasteiger partial charge in [-0.05, 0) is 56.0 Å². The summed E-state index contributed by atoms with van der Waals surface area (Å²) in [6, 6.07) is 14.7. The van der Waals surface area contributed by atoms with E-state index < -0.39 is 0 Å². The van der Waals surface area contributed by atoms with Crippen LogP contribution in [0, 0.1) is 0 Å². The van der Waals surface area contributed by atoms with Crippen molar-refractivity contribution in [2.75, 3.05) is 37.7 Å². The van der Waals surface area contributed by atoms with E-state index in [0.717, 1.165) is 44.5 Å². The van der Waals surface area contributed by atoms with Crippen LogP contribution in [0.1, 0.15) is 40.7 Å². The number of aryl methyl sites for hydroxylation is 1. The molecule has 0 aliphatic carbocycles. The van der Waals surface area contributed by atoms with Gasteiger partial charge in [-0.25, -0.2) is 0 Å². The van der Waals surface area contributed by atoms with E-state index in [9.17, 15) is 9.59 Å². The Morgan fingerprint density at radius 3 is 2.63 bits per heavy atom. The van der Waals surface area contributed by atoms with Crippen LogP contribution in [0.2, 0.25) is 0 Å². The summed E-state index contributed by atoms with van der Waals surface area (Å²) in [6.07, 6.45) is 4.06. The van der Waals surface area contributed by atoms with Crippen LogP contribution < -0.4 is 11.1 Å². The number of nitrogens with one attached hydrogen (secondary N) is 1. The predicted octanol–water partition coefficient (Wildman–Crippen LogP) is 2.93. The molecule has 158 valence electrons. The molecule has 30 heavy (non-hydrogen) atoms. The van der Waals surface area contributed by atoms with Gasteiger partial charge in [0.15, 0.2) is 0 Å². The summed E-state index contributed by atoms with van der Waals surface area (Å²) in [5, 5.41) is 2.82. The predicted molar refractivity (Wildman–Crippen MR) is 120 cm³/mol. The van der Waals surface area contributed by atoms with Crippen LogP contribution in [0.5, 0.6) is 0 Å². The van der Waals surface area contributed by atoms with Crippen LogP contribution in [-0.2, 0) is 17.6 Å². The molecule has 0 bridgehead atoms. The van der Waals surface area contributed by atoms with Crippen LogP contribution in [0.3, 0.4) is 0 Å². The fourth-order valence-corrected chi connectivity index (χ4v) is 4.47. The zero-order valence-corrected chi connectivity index (χ0v) is 17.6. The van der Waals surface area contributed by atoms with Gasteiger partial charge in [-0.15, -0.1) is 0 Å². The highest BCUT2D eigenvalue weighted by Gasteiger charge is 2.27. The molecule has 2 heterocycles. The molecule has 0 aromatic heterocycles. The molecule has 0 atom stereocenters. The van der Waals surface area contributed by atoms with E-state index in [-0.39, 0.29) is 11.8 Å². The maximum atomic E-state index is 13.1. The molecule has 1 fully saturated rings. The highest BCUT2D eigenvalue weighted by molar-refractivity contribution is 6.01. The minimum atomic E-state index is -0.0215. The molecule has 6 heteroatoms. The molecule has 0 saturated carbocycles. The first kappa shape index (κ1) is 20.4. The number of fused-ring (bicyclic) bond motifs is 1. The van der Waals surface area contributed by atoms with Crippen molar-refractivity contribution in [3.8, 4) is 0 Å². The van der Waals surface area contributed by atoms with E-state index in [1.165, 1.54) is 5.56 Å². The molecular formula is C24H30N4O2. The standard InChI is InChI=1S/C24H30N4O2/c1-27(12-9-17-5-3-2-4-6-17)20-10-13-28(14-11-20)24(30)19-15-18-7-8-22(29)26-23(18)21(25)16-19/h2-6,15-16,20H,7-14,25H2,1H3,(H,26,29). The van der Waals surface area contributed by atoms with Crippen molar-refractivity contribution in [2.24, 2.45) is 0 Å². The SMILES string of the molecule is CN(CCc1ccccc1)C1CCN(C(=O)c2cc(N)c3c(c2)CCC(=O)N3)CC1. The molecule has 0 unspecified atom stereocenters. The Morgan fingerprint density at radius 2 is 1.90 bits per heavy atom. The zero-order valence-electron chi connectivity index (χ0n) is 17.6. The van der Waals surface area contributed by atoms with Crippen LogP contribution in [-0.4, -0.2) is 54.3 Å². The lowest BCUT2D eigenvalue weighted by Gasteiger charge is -2.37. The smallest absolute Gasteiger partial charge is 0.253 e. The molecule has 2 aromatic carbocycles. The third-order valence-electron chi connectivity index (χ3n) is 6.35. The quantitative estimate of drug-likeness (QED) is 0.749. The Balaban J connectivity index is 1.33. The van der Waals surface area contributed by atoms with E-state index in [4.69, 9.17) is 5.73 Å². The largest absolute Gasteiger partial charge is 0.397 e. The topological polar surface area (TPSA) is 78.7 Å². The number of hydrogen-bond donors (Lipinski definition) is 2. The van der Waals surface area contributed by atoms with E-state index in [1.807, 2.05) is 17.0 Å². The second-order valence-corrected chi connectivity index (χ2v) is 8.39. The molecule has 4 rings (SSSR count). The molecule has 0 spiro atoms. The van der Waals surface area contributed by atoms with Crippen molar-refractivity contribution in [1.82, 2.24) is 9.80 Å². The van der Waals surface area contributed by atoms with E-state index in [1.54, 1.807) is 6.07 Å². The van der Waals surface area contributed by atoms with Gasteiger partial charge in [0.05, 0.1) is 11.4 Å². The summed E-state index contributed by atoms with van der Waals surface area (Å²) in [4.78, 5) is 29.0. The minimum absolute atomic E-state index is 0.0215. The average molecular weight is 407 g/mol. The summed E-state index contributed by atoms with van der Waals surface area (Å²) in [7, 11) is 2.18. The van der Waals surface area contributed by atoms with Gasteiger partial charge in [-0.1, -0.05) is 30.3 Å². The summed E-state index contributed by atoms with van der Waals surface area (Å²) in [5.41, 5.74) is 10.2. The van der Waals surface area contributed by atoms with Crippen molar-refractivity contribution in [1.29, 1.82) is 0 Å². The Labute approximate surface area is 178 Å². The minimum Gasteiger partial charge on any atom is -0.397 e.